The van der Waals surface area contributed by atoms with Crippen LogP contribution in [-0.4, -0.2) is 49.9 Å². The fourth-order valence-corrected chi connectivity index (χ4v) is 3.83. The molecule has 30 heavy (non-hydrogen) atoms. The topological polar surface area (TPSA) is 64.7 Å². The van der Waals surface area contributed by atoms with Gasteiger partial charge in [0.05, 0.1) is 12.5 Å². The maximum atomic E-state index is 12.7. The molecular formula is C24H32N4O2. The van der Waals surface area contributed by atoms with Crippen molar-refractivity contribution in [2.75, 3.05) is 43.4 Å². The van der Waals surface area contributed by atoms with Gasteiger partial charge >= 0.3 is 0 Å². The number of rotatable bonds is 6. The Morgan fingerprint density at radius 2 is 1.67 bits per heavy atom. The third-order valence-corrected chi connectivity index (χ3v) is 5.57. The van der Waals surface area contributed by atoms with Gasteiger partial charge in [0.15, 0.2) is 0 Å². The Bertz CT molecular complexity index is 887. The minimum absolute atomic E-state index is 0.124. The van der Waals surface area contributed by atoms with Gasteiger partial charge in [0.25, 0.3) is 0 Å². The molecule has 1 atom stereocenters. The number of anilines is 2. The van der Waals surface area contributed by atoms with E-state index < -0.39 is 0 Å². The lowest BCUT2D eigenvalue weighted by atomic mass is 10.0. The molecule has 1 aliphatic rings. The molecule has 2 aromatic rings. The molecule has 0 saturated carbocycles. The van der Waals surface area contributed by atoms with E-state index in [0.717, 1.165) is 48.6 Å². The Labute approximate surface area is 179 Å². The summed E-state index contributed by atoms with van der Waals surface area (Å²) in [7, 11) is 2.15. The zero-order valence-corrected chi connectivity index (χ0v) is 18.4. The quantitative estimate of drug-likeness (QED) is 0.770. The molecule has 0 spiro atoms. The van der Waals surface area contributed by atoms with Crippen LogP contribution in [0.2, 0.25) is 0 Å². The molecule has 0 radical (unpaired) electrons. The van der Waals surface area contributed by atoms with Crippen molar-refractivity contribution >= 4 is 23.2 Å². The number of aryl methyl sites for hydroxylation is 2. The van der Waals surface area contributed by atoms with Crippen molar-refractivity contribution in [2.45, 2.75) is 33.2 Å². The van der Waals surface area contributed by atoms with E-state index >= 15 is 0 Å². The van der Waals surface area contributed by atoms with Crippen LogP contribution in [-0.2, 0) is 9.59 Å². The van der Waals surface area contributed by atoms with Crippen molar-refractivity contribution in [2.24, 2.45) is 0 Å². The minimum Gasteiger partial charge on any atom is -0.369 e. The minimum atomic E-state index is -0.353. The van der Waals surface area contributed by atoms with Crippen LogP contribution in [0.5, 0.6) is 0 Å². The second-order valence-electron chi connectivity index (χ2n) is 8.21. The molecular weight excluding hydrogens is 376 g/mol. The molecule has 160 valence electrons. The normalized spacial score (nSPS) is 15.5. The Hall–Kier alpha value is -2.86. The first-order chi connectivity index (χ1) is 14.3. The molecule has 1 heterocycles. The lowest BCUT2D eigenvalue weighted by molar-refractivity contribution is -0.120. The Balaban J connectivity index is 1.66. The monoisotopic (exact) mass is 408 g/mol. The van der Waals surface area contributed by atoms with Crippen LogP contribution in [0, 0.1) is 13.8 Å². The Kier molecular flexibility index (Phi) is 7.11. The number of carbonyl (C=O) groups is 2. The van der Waals surface area contributed by atoms with Gasteiger partial charge in [-0.05, 0) is 50.2 Å². The second kappa shape index (κ2) is 9.76. The van der Waals surface area contributed by atoms with E-state index in [1.54, 1.807) is 0 Å². The van der Waals surface area contributed by atoms with Crippen LogP contribution in [0.4, 0.5) is 11.4 Å². The molecule has 1 fully saturated rings. The highest BCUT2D eigenvalue weighted by Crippen LogP contribution is 2.25. The molecule has 0 aromatic heterocycles. The van der Waals surface area contributed by atoms with E-state index in [9.17, 15) is 9.59 Å². The summed E-state index contributed by atoms with van der Waals surface area (Å²) >= 11 is 0. The third kappa shape index (κ3) is 5.83. The van der Waals surface area contributed by atoms with Gasteiger partial charge < -0.3 is 20.4 Å². The summed E-state index contributed by atoms with van der Waals surface area (Å²) in [6.45, 7) is 9.70. The van der Waals surface area contributed by atoms with Crippen LogP contribution in [0.15, 0.2) is 42.5 Å². The average molecular weight is 409 g/mol. The number of nitrogens with zero attached hydrogens (tertiary/aromatic N) is 2. The SMILES string of the molecule is CC(=O)NC(CC(=O)Nc1ccc(N2CCN(C)CC2)c(C)c1)c1ccc(C)cc1. The molecule has 1 aliphatic heterocycles. The van der Waals surface area contributed by atoms with Crippen LogP contribution < -0.4 is 15.5 Å². The number of nitrogens with one attached hydrogen (secondary N) is 2. The summed E-state index contributed by atoms with van der Waals surface area (Å²) in [5.41, 5.74) is 5.21. The summed E-state index contributed by atoms with van der Waals surface area (Å²) in [6.07, 6.45) is 0.182. The molecule has 1 unspecified atom stereocenters. The molecule has 3 rings (SSSR count). The molecule has 0 aliphatic carbocycles. The van der Waals surface area contributed by atoms with Gasteiger partial charge in [-0.3, -0.25) is 9.59 Å². The van der Waals surface area contributed by atoms with Crippen LogP contribution in [0.25, 0.3) is 0 Å². The van der Waals surface area contributed by atoms with Crippen molar-refractivity contribution in [3.05, 3.63) is 59.2 Å². The van der Waals surface area contributed by atoms with Crippen LogP contribution >= 0.6 is 0 Å². The van der Waals surface area contributed by atoms with Gasteiger partial charge in [0, 0.05) is 44.5 Å². The first-order valence-corrected chi connectivity index (χ1v) is 10.5. The van der Waals surface area contributed by atoms with E-state index in [2.05, 4.69) is 40.5 Å². The van der Waals surface area contributed by atoms with E-state index in [4.69, 9.17) is 0 Å². The largest absolute Gasteiger partial charge is 0.369 e. The zero-order chi connectivity index (χ0) is 21.7. The molecule has 2 N–H and O–H groups in total. The summed E-state index contributed by atoms with van der Waals surface area (Å²) < 4.78 is 0. The molecule has 1 saturated heterocycles. The number of hydrogen-bond donors (Lipinski definition) is 2. The standard InChI is InChI=1S/C24H32N4O2/c1-17-5-7-20(8-6-17)22(25-19(3)29)16-24(30)26-21-9-10-23(18(2)15-21)28-13-11-27(4)12-14-28/h5-10,15,22H,11-14,16H2,1-4H3,(H,25,29)(H,26,30). The summed E-state index contributed by atoms with van der Waals surface area (Å²) in [6, 6.07) is 13.6. The van der Waals surface area contributed by atoms with Gasteiger partial charge in [-0.2, -0.15) is 0 Å². The number of carbonyl (C=O) groups excluding carboxylic acids is 2. The van der Waals surface area contributed by atoms with Crippen LogP contribution in [0.3, 0.4) is 0 Å². The average Bonchev–Trinajstić information content (AvgIpc) is 2.69. The van der Waals surface area contributed by atoms with Crippen LogP contribution in [0.1, 0.15) is 36.1 Å². The van der Waals surface area contributed by atoms with Gasteiger partial charge in [0.2, 0.25) is 11.8 Å². The number of hydrogen-bond acceptors (Lipinski definition) is 4. The van der Waals surface area contributed by atoms with Crippen molar-refractivity contribution in [3.63, 3.8) is 0 Å². The third-order valence-electron chi connectivity index (χ3n) is 5.57. The number of piperazine rings is 1. The zero-order valence-electron chi connectivity index (χ0n) is 18.4. The smallest absolute Gasteiger partial charge is 0.226 e. The number of amides is 2. The van der Waals surface area contributed by atoms with E-state index in [1.807, 2.05) is 43.3 Å². The predicted octanol–water partition coefficient (Wildman–Crippen LogP) is 3.26. The number of benzene rings is 2. The highest BCUT2D eigenvalue weighted by Gasteiger charge is 2.19. The molecule has 0 bridgehead atoms. The van der Waals surface area contributed by atoms with Crippen molar-refractivity contribution in [1.82, 2.24) is 10.2 Å². The van der Waals surface area contributed by atoms with E-state index in [-0.39, 0.29) is 24.3 Å². The Morgan fingerprint density at radius 1 is 1.00 bits per heavy atom. The van der Waals surface area contributed by atoms with E-state index in [1.165, 1.54) is 12.6 Å². The first kappa shape index (κ1) is 21.8. The summed E-state index contributed by atoms with van der Waals surface area (Å²) in [5.74, 6) is -0.276. The first-order valence-electron chi connectivity index (χ1n) is 10.5. The van der Waals surface area contributed by atoms with Crippen molar-refractivity contribution < 1.29 is 9.59 Å². The second-order valence-corrected chi connectivity index (χ2v) is 8.21. The van der Waals surface area contributed by atoms with Gasteiger partial charge in [-0.25, -0.2) is 0 Å². The fraction of sp³-hybridized carbons (Fsp3) is 0.417. The number of likely N-dealkylation sites (N-methyl/N-ethyl adjacent to an activating group) is 1. The van der Waals surface area contributed by atoms with Gasteiger partial charge in [-0.1, -0.05) is 29.8 Å². The summed E-state index contributed by atoms with van der Waals surface area (Å²) in [4.78, 5) is 29.1. The molecule has 6 nitrogen and oxygen atoms in total. The lowest BCUT2D eigenvalue weighted by Gasteiger charge is -2.35. The van der Waals surface area contributed by atoms with Crippen molar-refractivity contribution in [1.29, 1.82) is 0 Å². The predicted molar refractivity (Wildman–Crippen MR) is 122 cm³/mol. The molecule has 2 aromatic carbocycles. The molecule has 6 heteroatoms. The lowest BCUT2D eigenvalue weighted by Crippen LogP contribution is -2.44. The van der Waals surface area contributed by atoms with Gasteiger partial charge in [-0.15, -0.1) is 0 Å². The van der Waals surface area contributed by atoms with Gasteiger partial charge in [0.1, 0.15) is 0 Å². The Morgan fingerprint density at radius 3 is 2.27 bits per heavy atom. The fourth-order valence-electron chi connectivity index (χ4n) is 3.83. The molecule has 2 amide bonds. The highest BCUT2D eigenvalue weighted by atomic mass is 16.2. The highest BCUT2D eigenvalue weighted by molar-refractivity contribution is 5.92. The van der Waals surface area contributed by atoms with E-state index in [0.29, 0.717) is 0 Å². The van der Waals surface area contributed by atoms with Crippen molar-refractivity contribution in [3.8, 4) is 0 Å². The summed E-state index contributed by atoms with van der Waals surface area (Å²) in [5, 5.41) is 5.88. The maximum Gasteiger partial charge on any atom is 0.226 e. The maximum absolute atomic E-state index is 12.7.